The van der Waals surface area contributed by atoms with Gasteiger partial charge in [-0.1, -0.05) is 24.3 Å². The van der Waals surface area contributed by atoms with E-state index in [2.05, 4.69) is 6.07 Å². The zero-order valence-electron chi connectivity index (χ0n) is 10.2. The highest BCUT2D eigenvalue weighted by Crippen LogP contribution is 2.23. The van der Waals surface area contributed by atoms with Gasteiger partial charge in [0.15, 0.2) is 0 Å². The van der Waals surface area contributed by atoms with E-state index < -0.39 is 0 Å². The van der Waals surface area contributed by atoms with Crippen molar-refractivity contribution in [2.45, 2.75) is 6.61 Å². The summed E-state index contributed by atoms with van der Waals surface area (Å²) in [6.07, 6.45) is 1.96. The molecule has 2 aromatic carbocycles. The highest BCUT2D eigenvalue weighted by molar-refractivity contribution is 5.87. The Morgan fingerprint density at radius 1 is 1.05 bits per heavy atom. The van der Waals surface area contributed by atoms with E-state index in [9.17, 15) is 5.26 Å². The van der Waals surface area contributed by atoms with Crippen LogP contribution < -0.4 is 0 Å². The molecule has 0 saturated heterocycles. The Kier molecular flexibility index (Phi) is 2.79. The number of hydrogen-bond donors (Lipinski definition) is 1. The Morgan fingerprint density at radius 3 is 2.53 bits per heavy atom. The number of nitriles is 1. The minimum Gasteiger partial charge on any atom is -0.392 e. The van der Waals surface area contributed by atoms with Crippen molar-refractivity contribution in [3.05, 3.63) is 65.9 Å². The minimum atomic E-state index is 0.0378. The molecule has 1 aromatic heterocycles. The van der Waals surface area contributed by atoms with Crippen LogP contribution in [0.4, 0.5) is 0 Å². The normalized spacial score (nSPS) is 10.5. The van der Waals surface area contributed by atoms with Gasteiger partial charge in [0.1, 0.15) is 6.07 Å². The molecule has 0 aliphatic heterocycles. The second-order valence-corrected chi connectivity index (χ2v) is 4.37. The molecule has 0 bridgehead atoms. The fraction of sp³-hybridized carbons (Fsp3) is 0.0625. The lowest BCUT2D eigenvalue weighted by Gasteiger charge is -2.07. The molecular weight excluding hydrogens is 236 g/mol. The van der Waals surface area contributed by atoms with Crippen LogP contribution in [0.5, 0.6) is 0 Å². The van der Waals surface area contributed by atoms with Crippen molar-refractivity contribution in [1.82, 2.24) is 4.57 Å². The van der Waals surface area contributed by atoms with Crippen LogP contribution in [-0.4, -0.2) is 9.67 Å². The van der Waals surface area contributed by atoms with E-state index >= 15 is 0 Å². The monoisotopic (exact) mass is 248 g/mol. The maximum atomic E-state index is 9.21. The van der Waals surface area contributed by atoms with E-state index in [0.29, 0.717) is 5.56 Å². The third-order valence-electron chi connectivity index (χ3n) is 3.23. The van der Waals surface area contributed by atoms with Crippen LogP contribution in [0, 0.1) is 11.3 Å². The van der Waals surface area contributed by atoms with Gasteiger partial charge in [0.25, 0.3) is 0 Å². The average Bonchev–Trinajstić information content (AvgIpc) is 2.91. The highest BCUT2D eigenvalue weighted by Gasteiger charge is 2.07. The van der Waals surface area contributed by atoms with Gasteiger partial charge in [-0.2, -0.15) is 5.26 Å². The second-order valence-electron chi connectivity index (χ2n) is 4.37. The van der Waals surface area contributed by atoms with Gasteiger partial charge in [0.2, 0.25) is 0 Å². The number of para-hydroxylation sites is 1. The van der Waals surface area contributed by atoms with Crippen LogP contribution in [0.3, 0.4) is 0 Å². The Labute approximate surface area is 111 Å². The largest absolute Gasteiger partial charge is 0.392 e. The molecular formula is C16H12N2O. The molecule has 0 unspecified atom stereocenters. The molecule has 19 heavy (non-hydrogen) atoms. The van der Waals surface area contributed by atoms with Gasteiger partial charge in [0, 0.05) is 17.3 Å². The van der Waals surface area contributed by atoms with Crippen LogP contribution in [0.15, 0.2) is 54.7 Å². The summed E-state index contributed by atoms with van der Waals surface area (Å²) in [5.74, 6) is 0. The Morgan fingerprint density at radius 2 is 1.84 bits per heavy atom. The molecule has 3 nitrogen and oxygen atoms in total. The Bertz CT molecular complexity index is 764. The van der Waals surface area contributed by atoms with Crippen molar-refractivity contribution in [1.29, 1.82) is 5.26 Å². The van der Waals surface area contributed by atoms with E-state index in [-0.39, 0.29) is 6.61 Å². The van der Waals surface area contributed by atoms with Gasteiger partial charge in [-0.3, -0.25) is 0 Å². The SMILES string of the molecule is N#Cc1cccc2ccn(-c3ccc(CO)cc3)c12. The van der Waals surface area contributed by atoms with Crippen molar-refractivity contribution >= 4 is 10.9 Å². The molecule has 0 aliphatic carbocycles. The summed E-state index contributed by atoms with van der Waals surface area (Å²) < 4.78 is 2.00. The number of aromatic nitrogens is 1. The Hall–Kier alpha value is -2.57. The molecule has 3 rings (SSSR count). The molecule has 3 aromatic rings. The van der Waals surface area contributed by atoms with Crippen LogP contribution in [-0.2, 0) is 6.61 Å². The zero-order valence-corrected chi connectivity index (χ0v) is 10.2. The van der Waals surface area contributed by atoms with Crippen molar-refractivity contribution < 1.29 is 5.11 Å². The van der Waals surface area contributed by atoms with E-state index in [1.165, 1.54) is 0 Å². The first kappa shape index (κ1) is 11.5. The standard InChI is InChI=1S/C16H12N2O/c17-10-14-3-1-2-13-8-9-18(16(13)14)15-6-4-12(11-19)5-7-15/h1-9,19H,11H2. The maximum absolute atomic E-state index is 9.21. The van der Waals surface area contributed by atoms with Gasteiger partial charge in [-0.15, -0.1) is 0 Å². The molecule has 0 radical (unpaired) electrons. The zero-order chi connectivity index (χ0) is 13.2. The first-order valence-corrected chi connectivity index (χ1v) is 6.04. The summed E-state index contributed by atoms with van der Waals surface area (Å²) in [6.45, 7) is 0.0378. The first-order valence-electron chi connectivity index (χ1n) is 6.04. The topological polar surface area (TPSA) is 49.0 Å². The first-order chi connectivity index (χ1) is 9.33. The van der Waals surface area contributed by atoms with Crippen LogP contribution in [0.25, 0.3) is 16.6 Å². The summed E-state index contributed by atoms with van der Waals surface area (Å²) in [6, 6.07) is 17.6. The van der Waals surface area contributed by atoms with Gasteiger partial charge in [0.05, 0.1) is 17.7 Å². The lowest BCUT2D eigenvalue weighted by atomic mass is 10.1. The summed E-state index contributed by atoms with van der Waals surface area (Å²) in [5, 5.41) is 19.3. The van der Waals surface area contributed by atoms with Crippen molar-refractivity contribution in [3.63, 3.8) is 0 Å². The number of aliphatic hydroxyl groups excluding tert-OH is 1. The van der Waals surface area contributed by atoms with Crippen LogP contribution in [0.1, 0.15) is 11.1 Å². The molecule has 0 fully saturated rings. The molecule has 0 saturated carbocycles. The summed E-state index contributed by atoms with van der Waals surface area (Å²) >= 11 is 0. The van der Waals surface area contributed by atoms with Gasteiger partial charge in [-0.05, 0) is 29.8 Å². The highest BCUT2D eigenvalue weighted by atomic mass is 16.3. The molecule has 1 N–H and O–H groups in total. The number of fused-ring (bicyclic) bond motifs is 1. The molecule has 92 valence electrons. The van der Waals surface area contributed by atoms with Crippen molar-refractivity contribution in [3.8, 4) is 11.8 Å². The predicted octanol–water partition coefficient (Wildman–Crippen LogP) is 2.99. The molecule has 3 heteroatoms. The molecule has 0 atom stereocenters. The molecule has 0 amide bonds. The lowest BCUT2D eigenvalue weighted by Crippen LogP contribution is -1.94. The molecule has 0 aliphatic rings. The number of hydrogen-bond acceptors (Lipinski definition) is 2. The van der Waals surface area contributed by atoms with Gasteiger partial charge in [-0.25, -0.2) is 0 Å². The summed E-state index contributed by atoms with van der Waals surface area (Å²) in [4.78, 5) is 0. The van der Waals surface area contributed by atoms with Crippen molar-refractivity contribution in [2.24, 2.45) is 0 Å². The number of rotatable bonds is 2. The second kappa shape index (κ2) is 4.60. The number of benzene rings is 2. The van der Waals surface area contributed by atoms with Crippen LogP contribution in [0.2, 0.25) is 0 Å². The Balaban J connectivity index is 2.22. The van der Waals surface area contributed by atoms with Gasteiger partial charge < -0.3 is 9.67 Å². The minimum absolute atomic E-state index is 0.0378. The fourth-order valence-corrected chi connectivity index (χ4v) is 2.26. The number of aliphatic hydroxyl groups is 1. The third kappa shape index (κ3) is 1.88. The van der Waals surface area contributed by atoms with Gasteiger partial charge >= 0.3 is 0 Å². The summed E-state index contributed by atoms with van der Waals surface area (Å²) in [7, 11) is 0. The quantitative estimate of drug-likeness (QED) is 0.758. The lowest BCUT2D eigenvalue weighted by molar-refractivity contribution is 0.282. The van der Waals surface area contributed by atoms with Crippen LogP contribution >= 0.6 is 0 Å². The van der Waals surface area contributed by atoms with E-state index in [4.69, 9.17) is 5.11 Å². The third-order valence-corrected chi connectivity index (χ3v) is 3.23. The van der Waals surface area contributed by atoms with E-state index in [1.807, 2.05) is 59.3 Å². The van der Waals surface area contributed by atoms with Crippen molar-refractivity contribution in [2.75, 3.05) is 0 Å². The van der Waals surface area contributed by atoms with E-state index in [1.54, 1.807) is 0 Å². The number of nitrogens with zero attached hydrogens (tertiary/aromatic N) is 2. The summed E-state index contributed by atoms with van der Waals surface area (Å²) in [5.41, 5.74) is 3.44. The molecule has 0 spiro atoms. The fourth-order valence-electron chi connectivity index (χ4n) is 2.26. The predicted molar refractivity (Wildman–Crippen MR) is 73.9 cm³/mol. The van der Waals surface area contributed by atoms with E-state index in [0.717, 1.165) is 22.2 Å². The average molecular weight is 248 g/mol. The maximum Gasteiger partial charge on any atom is 0.101 e. The molecule has 1 heterocycles. The smallest absolute Gasteiger partial charge is 0.101 e.